The van der Waals surface area contributed by atoms with Crippen LogP contribution in [-0.2, 0) is 4.79 Å². The van der Waals surface area contributed by atoms with Crippen molar-refractivity contribution in [3.63, 3.8) is 0 Å². The Hall–Kier alpha value is -1.82. The monoisotopic (exact) mass is 202 g/mol. The first-order valence-corrected chi connectivity index (χ1v) is 4.92. The van der Waals surface area contributed by atoms with Crippen LogP contribution in [0.15, 0.2) is 30.3 Å². The van der Waals surface area contributed by atoms with E-state index in [9.17, 15) is 4.79 Å². The predicted octanol–water partition coefficient (Wildman–Crippen LogP) is 1.82. The zero-order valence-electron chi connectivity index (χ0n) is 8.73. The first kappa shape index (κ1) is 11.3. The van der Waals surface area contributed by atoms with Gasteiger partial charge in [-0.05, 0) is 11.5 Å². The molecule has 0 saturated heterocycles. The maximum atomic E-state index is 11.0. The molecule has 78 valence electrons. The fourth-order valence-corrected chi connectivity index (χ4v) is 1.30. The Morgan fingerprint density at radius 1 is 1.47 bits per heavy atom. The van der Waals surface area contributed by atoms with Crippen molar-refractivity contribution in [3.05, 3.63) is 35.9 Å². The van der Waals surface area contributed by atoms with E-state index in [4.69, 9.17) is 5.26 Å². The molecule has 0 fully saturated rings. The highest BCUT2D eigenvalue weighted by Gasteiger charge is 2.06. The number of amides is 1. The summed E-state index contributed by atoms with van der Waals surface area (Å²) in [6.45, 7) is 2.62. The van der Waals surface area contributed by atoms with Gasteiger partial charge in [-0.15, -0.1) is 0 Å². The molecule has 0 aliphatic carbocycles. The van der Waals surface area contributed by atoms with Crippen LogP contribution in [0.3, 0.4) is 0 Å². The molecule has 3 nitrogen and oxygen atoms in total. The van der Waals surface area contributed by atoms with E-state index in [-0.39, 0.29) is 18.2 Å². The standard InChI is InChI=1S/C12H14N2O/c1-10(9-14-12(15)7-8-13)11-5-3-2-4-6-11/h2-6,10H,7,9H2,1H3,(H,14,15). The Morgan fingerprint density at radius 3 is 2.73 bits per heavy atom. The molecule has 0 aromatic heterocycles. The van der Waals surface area contributed by atoms with E-state index in [0.29, 0.717) is 6.54 Å². The number of nitrogens with one attached hydrogen (secondary N) is 1. The van der Waals surface area contributed by atoms with Gasteiger partial charge >= 0.3 is 0 Å². The van der Waals surface area contributed by atoms with Crippen molar-refractivity contribution in [2.24, 2.45) is 0 Å². The van der Waals surface area contributed by atoms with Crippen LogP contribution in [0.1, 0.15) is 24.8 Å². The van der Waals surface area contributed by atoms with E-state index in [2.05, 4.69) is 5.32 Å². The van der Waals surface area contributed by atoms with E-state index >= 15 is 0 Å². The van der Waals surface area contributed by atoms with Gasteiger partial charge in [0.2, 0.25) is 5.91 Å². The molecule has 1 aromatic rings. The van der Waals surface area contributed by atoms with Crippen molar-refractivity contribution in [1.82, 2.24) is 5.32 Å². The van der Waals surface area contributed by atoms with Crippen molar-refractivity contribution >= 4 is 5.91 Å². The van der Waals surface area contributed by atoms with E-state index < -0.39 is 0 Å². The number of carbonyl (C=O) groups excluding carboxylic acids is 1. The summed E-state index contributed by atoms with van der Waals surface area (Å²) in [4.78, 5) is 11.0. The second kappa shape index (κ2) is 5.82. The van der Waals surface area contributed by atoms with Gasteiger partial charge < -0.3 is 5.32 Å². The Bertz CT molecular complexity index is 354. The molecule has 1 rings (SSSR count). The Kier molecular flexibility index (Phi) is 4.36. The number of nitriles is 1. The topological polar surface area (TPSA) is 52.9 Å². The Morgan fingerprint density at radius 2 is 2.13 bits per heavy atom. The lowest BCUT2D eigenvalue weighted by Crippen LogP contribution is -2.26. The summed E-state index contributed by atoms with van der Waals surface area (Å²) in [5.74, 6) is 0.0640. The first-order valence-electron chi connectivity index (χ1n) is 4.92. The van der Waals surface area contributed by atoms with Crippen molar-refractivity contribution in [2.45, 2.75) is 19.3 Å². The van der Waals surface area contributed by atoms with Crippen molar-refractivity contribution in [1.29, 1.82) is 5.26 Å². The zero-order chi connectivity index (χ0) is 11.1. The van der Waals surface area contributed by atoms with Crippen LogP contribution in [0.2, 0.25) is 0 Å². The highest BCUT2D eigenvalue weighted by molar-refractivity contribution is 5.77. The van der Waals surface area contributed by atoms with Crippen LogP contribution in [0.4, 0.5) is 0 Å². The molecule has 1 amide bonds. The highest BCUT2D eigenvalue weighted by atomic mass is 16.1. The second-order valence-electron chi connectivity index (χ2n) is 3.45. The molecule has 3 heteroatoms. The molecule has 0 saturated carbocycles. The summed E-state index contributed by atoms with van der Waals surface area (Å²) in [5.41, 5.74) is 1.19. The molecule has 1 N–H and O–H groups in total. The summed E-state index contributed by atoms with van der Waals surface area (Å²) in [6, 6.07) is 11.8. The van der Waals surface area contributed by atoms with E-state index in [1.165, 1.54) is 5.56 Å². The summed E-state index contributed by atoms with van der Waals surface area (Å²) in [7, 11) is 0. The number of carbonyl (C=O) groups is 1. The molecular weight excluding hydrogens is 188 g/mol. The molecule has 0 bridgehead atoms. The van der Waals surface area contributed by atoms with Crippen LogP contribution < -0.4 is 5.32 Å². The molecule has 0 radical (unpaired) electrons. The van der Waals surface area contributed by atoms with E-state index in [1.807, 2.05) is 43.3 Å². The molecule has 1 unspecified atom stereocenters. The molecule has 0 spiro atoms. The Balaban J connectivity index is 2.41. The number of hydrogen-bond acceptors (Lipinski definition) is 2. The van der Waals surface area contributed by atoms with Gasteiger partial charge in [0.25, 0.3) is 0 Å². The van der Waals surface area contributed by atoms with Gasteiger partial charge in [-0.25, -0.2) is 0 Å². The average Bonchev–Trinajstić information content (AvgIpc) is 2.27. The van der Waals surface area contributed by atoms with E-state index in [1.54, 1.807) is 0 Å². The smallest absolute Gasteiger partial charge is 0.234 e. The third-order valence-corrected chi connectivity index (χ3v) is 2.21. The van der Waals surface area contributed by atoms with Crippen molar-refractivity contribution in [3.8, 4) is 6.07 Å². The van der Waals surface area contributed by atoms with Gasteiger partial charge in [0.05, 0.1) is 6.07 Å². The summed E-state index contributed by atoms with van der Waals surface area (Å²) in [5, 5.41) is 11.0. The zero-order valence-corrected chi connectivity index (χ0v) is 8.73. The number of nitrogens with zero attached hydrogens (tertiary/aromatic N) is 1. The van der Waals surface area contributed by atoms with Gasteiger partial charge in [-0.1, -0.05) is 37.3 Å². The Labute approximate surface area is 89.7 Å². The lowest BCUT2D eigenvalue weighted by molar-refractivity contribution is -0.120. The highest BCUT2D eigenvalue weighted by Crippen LogP contribution is 2.12. The molecule has 1 aromatic carbocycles. The van der Waals surface area contributed by atoms with Crippen LogP contribution in [0.5, 0.6) is 0 Å². The maximum Gasteiger partial charge on any atom is 0.234 e. The van der Waals surface area contributed by atoms with Crippen LogP contribution >= 0.6 is 0 Å². The third kappa shape index (κ3) is 3.82. The predicted molar refractivity (Wildman–Crippen MR) is 58.1 cm³/mol. The minimum absolute atomic E-state index is 0.0679. The summed E-state index contributed by atoms with van der Waals surface area (Å²) in [6.07, 6.45) is -0.0679. The lowest BCUT2D eigenvalue weighted by atomic mass is 10.0. The summed E-state index contributed by atoms with van der Waals surface area (Å²) < 4.78 is 0. The average molecular weight is 202 g/mol. The molecule has 0 aliphatic rings. The van der Waals surface area contributed by atoms with Crippen LogP contribution in [0.25, 0.3) is 0 Å². The van der Waals surface area contributed by atoms with Crippen LogP contribution in [-0.4, -0.2) is 12.5 Å². The maximum absolute atomic E-state index is 11.0. The quantitative estimate of drug-likeness (QED) is 0.809. The number of rotatable bonds is 4. The summed E-state index contributed by atoms with van der Waals surface area (Å²) >= 11 is 0. The normalized spacial score (nSPS) is 11.5. The lowest BCUT2D eigenvalue weighted by Gasteiger charge is -2.11. The van der Waals surface area contributed by atoms with Gasteiger partial charge in [0.1, 0.15) is 6.42 Å². The molecular formula is C12H14N2O. The van der Waals surface area contributed by atoms with Crippen molar-refractivity contribution in [2.75, 3.05) is 6.54 Å². The second-order valence-corrected chi connectivity index (χ2v) is 3.45. The fourth-order valence-electron chi connectivity index (χ4n) is 1.30. The van der Waals surface area contributed by atoms with Gasteiger partial charge in [-0.3, -0.25) is 4.79 Å². The number of hydrogen-bond donors (Lipinski definition) is 1. The SMILES string of the molecule is CC(CNC(=O)CC#N)c1ccccc1. The van der Waals surface area contributed by atoms with Gasteiger partial charge in [0.15, 0.2) is 0 Å². The van der Waals surface area contributed by atoms with E-state index in [0.717, 1.165) is 0 Å². The van der Waals surface area contributed by atoms with Gasteiger partial charge in [-0.2, -0.15) is 5.26 Å². The first-order chi connectivity index (χ1) is 7.24. The minimum atomic E-state index is -0.208. The third-order valence-electron chi connectivity index (χ3n) is 2.21. The van der Waals surface area contributed by atoms with Gasteiger partial charge in [0, 0.05) is 6.54 Å². The number of benzene rings is 1. The molecule has 15 heavy (non-hydrogen) atoms. The molecule has 0 aliphatic heterocycles. The minimum Gasteiger partial charge on any atom is -0.355 e. The fraction of sp³-hybridized carbons (Fsp3) is 0.333. The molecule has 1 atom stereocenters. The van der Waals surface area contributed by atoms with Crippen LogP contribution in [0, 0.1) is 11.3 Å². The largest absolute Gasteiger partial charge is 0.355 e. The van der Waals surface area contributed by atoms with Crippen molar-refractivity contribution < 1.29 is 4.79 Å². The molecule has 0 heterocycles.